The number of aliphatic carboxylic acids is 1. The van der Waals surface area contributed by atoms with E-state index in [2.05, 4.69) is 5.32 Å². The van der Waals surface area contributed by atoms with E-state index in [9.17, 15) is 19.5 Å². The molecular formula is C17H22N2O4S. The number of carboxylic acids is 1. The average Bonchev–Trinajstić information content (AvgIpc) is 2.55. The Balaban J connectivity index is 2.00. The molecule has 2 atom stereocenters. The molecule has 1 aliphatic heterocycles. The maximum atomic E-state index is 12.6. The van der Waals surface area contributed by atoms with Crippen molar-refractivity contribution in [2.75, 3.05) is 11.9 Å². The van der Waals surface area contributed by atoms with Gasteiger partial charge in [-0.3, -0.25) is 9.59 Å². The van der Waals surface area contributed by atoms with Crippen LogP contribution >= 0.6 is 11.8 Å². The largest absolute Gasteiger partial charge is 0.480 e. The first-order valence-electron chi connectivity index (χ1n) is 7.96. The number of rotatable bonds is 5. The molecule has 0 spiro atoms. The van der Waals surface area contributed by atoms with Gasteiger partial charge in [-0.05, 0) is 50.5 Å². The number of nitrogens with one attached hydrogen (secondary N) is 1. The monoisotopic (exact) mass is 350 g/mol. The zero-order chi connectivity index (χ0) is 17.7. The zero-order valence-electron chi connectivity index (χ0n) is 13.8. The molecule has 0 aliphatic carbocycles. The van der Waals surface area contributed by atoms with Gasteiger partial charge in [0.05, 0.1) is 5.25 Å². The predicted molar refractivity (Wildman–Crippen MR) is 93.1 cm³/mol. The van der Waals surface area contributed by atoms with Crippen molar-refractivity contribution < 1.29 is 19.5 Å². The number of piperidine rings is 1. The Bertz CT molecular complexity index is 618. The topological polar surface area (TPSA) is 86.7 Å². The Hall–Kier alpha value is -2.02. The second-order valence-electron chi connectivity index (χ2n) is 5.85. The molecule has 7 heteroatoms. The number of carbonyl (C=O) groups excluding carboxylic acids is 2. The van der Waals surface area contributed by atoms with Gasteiger partial charge in [0.15, 0.2) is 0 Å². The summed E-state index contributed by atoms with van der Waals surface area (Å²) in [5, 5.41) is 11.6. The number of amides is 2. The standard InChI is InChI=1S/C17H22N2O4S/c1-11(16(21)19-10-4-3-5-15(19)17(22)23)24-14-8-6-13(7-9-14)18-12(2)20/h6-9,11,15H,3-5,10H2,1-2H3,(H,18,20)(H,22,23). The van der Waals surface area contributed by atoms with Gasteiger partial charge in [0.1, 0.15) is 6.04 Å². The van der Waals surface area contributed by atoms with E-state index in [1.807, 2.05) is 12.1 Å². The minimum atomic E-state index is -0.931. The third kappa shape index (κ3) is 4.74. The highest BCUT2D eigenvalue weighted by Gasteiger charge is 2.34. The van der Waals surface area contributed by atoms with Crippen LogP contribution in [0.1, 0.15) is 33.1 Å². The summed E-state index contributed by atoms with van der Waals surface area (Å²) in [6, 6.07) is 6.52. The van der Waals surface area contributed by atoms with Gasteiger partial charge < -0.3 is 15.3 Å². The Morgan fingerprint density at radius 3 is 2.50 bits per heavy atom. The molecule has 2 amide bonds. The first-order valence-corrected chi connectivity index (χ1v) is 8.84. The van der Waals surface area contributed by atoms with Crippen LogP contribution in [0.5, 0.6) is 0 Å². The zero-order valence-corrected chi connectivity index (χ0v) is 14.6. The van der Waals surface area contributed by atoms with Gasteiger partial charge in [0.2, 0.25) is 11.8 Å². The molecular weight excluding hydrogens is 328 g/mol. The summed E-state index contributed by atoms with van der Waals surface area (Å²) in [7, 11) is 0. The van der Waals surface area contributed by atoms with Crippen molar-refractivity contribution in [3.05, 3.63) is 24.3 Å². The first kappa shape index (κ1) is 18.3. The van der Waals surface area contributed by atoms with E-state index in [-0.39, 0.29) is 17.1 Å². The molecule has 2 rings (SSSR count). The van der Waals surface area contributed by atoms with Crippen LogP contribution in [0.3, 0.4) is 0 Å². The molecule has 6 nitrogen and oxygen atoms in total. The van der Waals surface area contributed by atoms with Gasteiger partial charge in [-0.1, -0.05) is 0 Å². The van der Waals surface area contributed by atoms with E-state index < -0.39 is 12.0 Å². The minimum absolute atomic E-state index is 0.135. The quantitative estimate of drug-likeness (QED) is 0.797. The number of hydrogen-bond donors (Lipinski definition) is 2. The van der Waals surface area contributed by atoms with Crippen LogP contribution < -0.4 is 5.32 Å². The van der Waals surface area contributed by atoms with E-state index >= 15 is 0 Å². The number of likely N-dealkylation sites (tertiary alicyclic amines) is 1. The van der Waals surface area contributed by atoms with Gasteiger partial charge in [-0.25, -0.2) is 4.79 Å². The lowest BCUT2D eigenvalue weighted by Crippen LogP contribution is -2.50. The van der Waals surface area contributed by atoms with Gasteiger partial charge in [0.25, 0.3) is 0 Å². The van der Waals surface area contributed by atoms with Crippen molar-refractivity contribution >= 4 is 35.2 Å². The second-order valence-corrected chi connectivity index (χ2v) is 7.26. The number of thioether (sulfide) groups is 1. The van der Waals surface area contributed by atoms with Crippen molar-refractivity contribution in [2.45, 2.75) is 49.3 Å². The molecule has 1 heterocycles. The summed E-state index contributed by atoms with van der Waals surface area (Å²) in [4.78, 5) is 37.4. The fourth-order valence-corrected chi connectivity index (χ4v) is 3.70. The van der Waals surface area contributed by atoms with E-state index in [4.69, 9.17) is 0 Å². The lowest BCUT2D eigenvalue weighted by Gasteiger charge is -2.34. The summed E-state index contributed by atoms with van der Waals surface area (Å²) in [6.07, 6.45) is 2.20. The van der Waals surface area contributed by atoms with Gasteiger partial charge in [0, 0.05) is 24.1 Å². The van der Waals surface area contributed by atoms with E-state index in [0.29, 0.717) is 18.7 Å². The molecule has 2 N–H and O–H groups in total. The lowest BCUT2D eigenvalue weighted by atomic mass is 10.0. The third-order valence-electron chi connectivity index (χ3n) is 3.91. The summed E-state index contributed by atoms with van der Waals surface area (Å²) in [5.74, 6) is -1.21. The SMILES string of the molecule is CC(=O)Nc1ccc(SC(C)C(=O)N2CCCCC2C(=O)O)cc1. The molecule has 130 valence electrons. The highest BCUT2D eigenvalue weighted by atomic mass is 32.2. The highest BCUT2D eigenvalue weighted by Crippen LogP contribution is 2.28. The van der Waals surface area contributed by atoms with Crippen LogP contribution in [0, 0.1) is 0 Å². The molecule has 0 aromatic heterocycles. The summed E-state index contributed by atoms with van der Waals surface area (Å²) >= 11 is 1.39. The van der Waals surface area contributed by atoms with Crippen molar-refractivity contribution in [1.82, 2.24) is 4.90 Å². The maximum Gasteiger partial charge on any atom is 0.326 e. The molecule has 1 fully saturated rings. The summed E-state index contributed by atoms with van der Waals surface area (Å²) < 4.78 is 0. The molecule has 1 saturated heterocycles. The van der Waals surface area contributed by atoms with Crippen LogP contribution in [-0.2, 0) is 14.4 Å². The fraction of sp³-hybridized carbons (Fsp3) is 0.471. The maximum absolute atomic E-state index is 12.6. The molecule has 1 aromatic carbocycles. The van der Waals surface area contributed by atoms with Crippen molar-refractivity contribution in [3.8, 4) is 0 Å². The van der Waals surface area contributed by atoms with Gasteiger partial charge in [-0.15, -0.1) is 11.8 Å². The van der Waals surface area contributed by atoms with Crippen molar-refractivity contribution in [2.24, 2.45) is 0 Å². The number of carbonyl (C=O) groups is 3. The Morgan fingerprint density at radius 1 is 1.25 bits per heavy atom. The molecule has 1 aliphatic rings. The Morgan fingerprint density at radius 2 is 1.92 bits per heavy atom. The van der Waals surface area contributed by atoms with Gasteiger partial charge in [-0.2, -0.15) is 0 Å². The molecule has 1 aromatic rings. The summed E-state index contributed by atoms with van der Waals surface area (Å²) in [5.41, 5.74) is 0.702. The fourth-order valence-electron chi connectivity index (χ4n) is 2.76. The van der Waals surface area contributed by atoms with Crippen molar-refractivity contribution in [1.29, 1.82) is 0 Å². The molecule has 0 radical (unpaired) electrons. The predicted octanol–water partition coefficient (Wildman–Crippen LogP) is 2.59. The number of carboxylic acid groups (broad SMARTS) is 1. The van der Waals surface area contributed by atoms with Crippen LogP contribution in [0.4, 0.5) is 5.69 Å². The lowest BCUT2D eigenvalue weighted by molar-refractivity contribution is -0.151. The Labute approximate surface area is 145 Å². The smallest absolute Gasteiger partial charge is 0.326 e. The van der Waals surface area contributed by atoms with Gasteiger partial charge >= 0.3 is 5.97 Å². The highest BCUT2D eigenvalue weighted by molar-refractivity contribution is 8.00. The first-order chi connectivity index (χ1) is 11.4. The van der Waals surface area contributed by atoms with Crippen LogP contribution in [-0.4, -0.2) is 45.6 Å². The molecule has 24 heavy (non-hydrogen) atoms. The van der Waals surface area contributed by atoms with Crippen LogP contribution in [0.25, 0.3) is 0 Å². The average molecular weight is 350 g/mol. The van der Waals surface area contributed by atoms with E-state index in [1.165, 1.54) is 23.6 Å². The normalized spacial score (nSPS) is 18.8. The van der Waals surface area contributed by atoms with Crippen molar-refractivity contribution in [3.63, 3.8) is 0 Å². The number of benzene rings is 1. The van der Waals surface area contributed by atoms with Crippen LogP contribution in [0.15, 0.2) is 29.2 Å². The second kappa shape index (κ2) is 8.19. The van der Waals surface area contributed by atoms with E-state index in [1.54, 1.807) is 19.1 Å². The van der Waals surface area contributed by atoms with Crippen LogP contribution in [0.2, 0.25) is 0 Å². The number of hydrogen-bond acceptors (Lipinski definition) is 4. The molecule has 0 bridgehead atoms. The Kier molecular flexibility index (Phi) is 6.25. The number of anilines is 1. The number of nitrogens with zero attached hydrogens (tertiary/aromatic N) is 1. The summed E-state index contributed by atoms with van der Waals surface area (Å²) in [6.45, 7) is 3.74. The minimum Gasteiger partial charge on any atom is -0.480 e. The third-order valence-corrected chi connectivity index (χ3v) is 5.01. The molecule has 2 unspecified atom stereocenters. The molecule has 0 saturated carbocycles. The van der Waals surface area contributed by atoms with E-state index in [0.717, 1.165) is 17.7 Å².